The van der Waals surface area contributed by atoms with Crippen LogP contribution < -0.4 is 10.6 Å². The molecule has 1 aromatic heterocycles. The summed E-state index contributed by atoms with van der Waals surface area (Å²) in [6.45, 7) is 1.71. The molecule has 0 aliphatic carbocycles. The van der Waals surface area contributed by atoms with Crippen LogP contribution in [0.5, 0.6) is 0 Å². The Labute approximate surface area is 115 Å². The monoisotopic (exact) mass is 274 g/mol. The van der Waals surface area contributed by atoms with E-state index < -0.39 is 11.0 Å². The predicted octanol–water partition coefficient (Wildman–Crippen LogP) is 1.69. The normalized spacial score (nSPS) is 11.9. The fourth-order valence-corrected chi connectivity index (χ4v) is 1.95. The molecular formula is C13H14N4O3. The SMILES string of the molecule is CNC(=O)C(C)Nc1ccc([N+](=O)[O-])c2ncccc12. The lowest BCUT2D eigenvalue weighted by atomic mass is 10.1. The summed E-state index contributed by atoms with van der Waals surface area (Å²) >= 11 is 0. The van der Waals surface area contributed by atoms with Crippen LogP contribution in [0.3, 0.4) is 0 Å². The van der Waals surface area contributed by atoms with E-state index in [2.05, 4.69) is 15.6 Å². The van der Waals surface area contributed by atoms with Gasteiger partial charge in [0, 0.05) is 30.4 Å². The van der Waals surface area contributed by atoms with Crippen LogP contribution in [-0.4, -0.2) is 28.9 Å². The van der Waals surface area contributed by atoms with E-state index in [-0.39, 0.29) is 11.6 Å². The Morgan fingerprint density at radius 3 is 2.80 bits per heavy atom. The van der Waals surface area contributed by atoms with Gasteiger partial charge in [-0.05, 0) is 25.1 Å². The fraction of sp³-hybridized carbons (Fsp3) is 0.231. The Kier molecular flexibility index (Phi) is 3.79. The predicted molar refractivity (Wildman–Crippen MR) is 75.5 cm³/mol. The number of nitrogens with zero attached hydrogens (tertiary/aromatic N) is 2. The summed E-state index contributed by atoms with van der Waals surface area (Å²) in [5, 5.41) is 17.2. The van der Waals surface area contributed by atoms with Gasteiger partial charge in [0.2, 0.25) is 5.91 Å². The molecule has 2 aromatic rings. The molecule has 104 valence electrons. The summed E-state index contributed by atoms with van der Waals surface area (Å²) in [4.78, 5) is 26.1. The first-order valence-corrected chi connectivity index (χ1v) is 6.05. The molecule has 1 atom stereocenters. The number of aromatic nitrogens is 1. The van der Waals surface area contributed by atoms with Crippen molar-refractivity contribution in [2.24, 2.45) is 0 Å². The molecule has 1 unspecified atom stereocenters. The Morgan fingerprint density at radius 2 is 2.15 bits per heavy atom. The first kappa shape index (κ1) is 13.7. The van der Waals surface area contributed by atoms with E-state index in [1.165, 1.54) is 12.3 Å². The number of hydrogen-bond acceptors (Lipinski definition) is 5. The smallest absolute Gasteiger partial charge is 0.295 e. The number of non-ortho nitro benzene ring substituents is 1. The average Bonchev–Trinajstić information content (AvgIpc) is 2.46. The van der Waals surface area contributed by atoms with Crippen molar-refractivity contribution in [3.8, 4) is 0 Å². The van der Waals surface area contributed by atoms with Gasteiger partial charge >= 0.3 is 0 Å². The lowest BCUT2D eigenvalue weighted by molar-refractivity contribution is -0.383. The summed E-state index contributed by atoms with van der Waals surface area (Å²) in [6, 6.07) is 5.94. The van der Waals surface area contributed by atoms with Crippen molar-refractivity contribution in [1.82, 2.24) is 10.3 Å². The van der Waals surface area contributed by atoms with Gasteiger partial charge in [0.15, 0.2) is 0 Å². The molecule has 20 heavy (non-hydrogen) atoms. The highest BCUT2D eigenvalue weighted by atomic mass is 16.6. The summed E-state index contributed by atoms with van der Waals surface area (Å²) in [5.74, 6) is -0.166. The molecule has 7 nitrogen and oxygen atoms in total. The minimum Gasteiger partial charge on any atom is -0.373 e. The molecule has 0 fully saturated rings. The molecule has 0 saturated heterocycles. The first-order valence-electron chi connectivity index (χ1n) is 6.05. The maximum Gasteiger partial charge on any atom is 0.295 e. The summed E-state index contributed by atoms with van der Waals surface area (Å²) in [7, 11) is 1.55. The van der Waals surface area contributed by atoms with Gasteiger partial charge < -0.3 is 10.6 Å². The average molecular weight is 274 g/mol. The number of nitrogens with one attached hydrogen (secondary N) is 2. The van der Waals surface area contributed by atoms with Crippen LogP contribution in [-0.2, 0) is 4.79 Å². The molecule has 1 aromatic carbocycles. The third-order valence-corrected chi connectivity index (χ3v) is 2.96. The number of carbonyl (C=O) groups excluding carboxylic acids is 1. The second-order valence-corrected chi connectivity index (χ2v) is 4.27. The number of rotatable bonds is 4. The molecule has 2 N–H and O–H groups in total. The zero-order valence-corrected chi connectivity index (χ0v) is 11.1. The van der Waals surface area contributed by atoms with Crippen molar-refractivity contribution in [1.29, 1.82) is 0 Å². The molecule has 0 aliphatic heterocycles. The third-order valence-electron chi connectivity index (χ3n) is 2.96. The lowest BCUT2D eigenvalue weighted by Gasteiger charge is -2.15. The minimum absolute atomic E-state index is 0.0567. The summed E-state index contributed by atoms with van der Waals surface area (Å²) < 4.78 is 0. The molecule has 1 heterocycles. The van der Waals surface area contributed by atoms with Crippen molar-refractivity contribution >= 4 is 28.2 Å². The van der Waals surface area contributed by atoms with Crippen LogP contribution in [0.4, 0.5) is 11.4 Å². The second-order valence-electron chi connectivity index (χ2n) is 4.27. The van der Waals surface area contributed by atoms with E-state index in [4.69, 9.17) is 0 Å². The second kappa shape index (κ2) is 5.52. The van der Waals surface area contributed by atoms with E-state index in [0.29, 0.717) is 16.6 Å². The zero-order valence-electron chi connectivity index (χ0n) is 11.1. The molecular weight excluding hydrogens is 260 g/mol. The van der Waals surface area contributed by atoms with Crippen LogP contribution in [0.15, 0.2) is 30.5 Å². The van der Waals surface area contributed by atoms with Gasteiger partial charge in [0.25, 0.3) is 5.69 Å². The third kappa shape index (κ3) is 2.51. The molecule has 0 saturated carbocycles. The highest BCUT2D eigenvalue weighted by molar-refractivity contribution is 5.98. The molecule has 2 rings (SSSR count). The van der Waals surface area contributed by atoms with Crippen LogP contribution in [0.2, 0.25) is 0 Å². The van der Waals surface area contributed by atoms with Crippen LogP contribution in [0.25, 0.3) is 10.9 Å². The Hall–Kier alpha value is -2.70. The number of fused-ring (bicyclic) bond motifs is 1. The van der Waals surface area contributed by atoms with Gasteiger partial charge in [-0.1, -0.05) is 0 Å². The molecule has 0 bridgehead atoms. The number of benzene rings is 1. The van der Waals surface area contributed by atoms with Crippen molar-refractivity contribution in [2.75, 3.05) is 12.4 Å². The van der Waals surface area contributed by atoms with E-state index in [0.717, 1.165) is 0 Å². The maximum absolute atomic E-state index is 11.5. The number of carbonyl (C=O) groups is 1. The van der Waals surface area contributed by atoms with Gasteiger partial charge in [-0.25, -0.2) is 4.98 Å². The Bertz CT molecular complexity index is 672. The number of hydrogen-bond donors (Lipinski definition) is 2. The van der Waals surface area contributed by atoms with Gasteiger partial charge in [-0.3, -0.25) is 14.9 Å². The van der Waals surface area contributed by atoms with Crippen LogP contribution in [0.1, 0.15) is 6.92 Å². The number of anilines is 1. The molecule has 0 radical (unpaired) electrons. The number of nitro groups is 1. The van der Waals surface area contributed by atoms with E-state index >= 15 is 0 Å². The van der Waals surface area contributed by atoms with Crippen molar-refractivity contribution < 1.29 is 9.72 Å². The minimum atomic E-state index is -0.471. The summed E-state index contributed by atoms with van der Waals surface area (Å²) in [5.41, 5.74) is 0.875. The first-order chi connectivity index (χ1) is 9.54. The van der Waals surface area contributed by atoms with Crippen LogP contribution in [0, 0.1) is 10.1 Å². The quantitative estimate of drug-likeness (QED) is 0.653. The van der Waals surface area contributed by atoms with Crippen molar-refractivity contribution in [3.63, 3.8) is 0 Å². The topological polar surface area (TPSA) is 97.2 Å². The molecule has 1 amide bonds. The number of pyridine rings is 1. The lowest BCUT2D eigenvalue weighted by Crippen LogP contribution is -2.35. The van der Waals surface area contributed by atoms with E-state index in [1.807, 2.05) is 0 Å². The highest BCUT2D eigenvalue weighted by Crippen LogP contribution is 2.29. The van der Waals surface area contributed by atoms with Crippen molar-refractivity contribution in [3.05, 3.63) is 40.6 Å². The van der Waals surface area contributed by atoms with Gasteiger partial charge in [0.1, 0.15) is 11.6 Å². The number of amides is 1. The Morgan fingerprint density at radius 1 is 1.40 bits per heavy atom. The molecule has 0 aliphatic rings. The highest BCUT2D eigenvalue weighted by Gasteiger charge is 2.17. The van der Waals surface area contributed by atoms with Gasteiger partial charge in [-0.2, -0.15) is 0 Å². The van der Waals surface area contributed by atoms with Crippen LogP contribution >= 0.6 is 0 Å². The zero-order chi connectivity index (χ0) is 14.7. The standard InChI is InChI=1S/C13H14N4O3/c1-8(13(18)14-2)16-10-5-6-11(17(19)20)12-9(10)4-3-7-15-12/h3-8,16H,1-2H3,(H,14,18). The number of likely N-dealkylation sites (N-methyl/N-ethyl adjacent to an activating group) is 1. The maximum atomic E-state index is 11.5. The largest absolute Gasteiger partial charge is 0.373 e. The van der Waals surface area contributed by atoms with E-state index in [9.17, 15) is 14.9 Å². The van der Waals surface area contributed by atoms with Gasteiger partial charge in [-0.15, -0.1) is 0 Å². The van der Waals surface area contributed by atoms with Crippen molar-refractivity contribution in [2.45, 2.75) is 13.0 Å². The number of nitro benzene ring substituents is 1. The van der Waals surface area contributed by atoms with E-state index in [1.54, 1.807) is 32.2 Å². The summed E-state index contributed by atoms with van der Waals surface area (Å²) in [6.07, 6.45) is 1.50. The molecule has 7 heteroatoms. The Balaban J connectivity index is 2.48. The molecule has 0 spiro atoms. The van der Waals surface area contributed by atoms with Gasteiger partial charge in [0.05, 0.1) is 4.92 Å². The fourth-order valence-electron chi connectivity index (χ4n) is 1.95.